The van der Waals surface area contributed by atoms with Gasteiger partial charge in [-0.05, 0) is 25.0 Å². The zero-order valence-electron chi connectivity index (χ0n) is 12.0. The Hall–Kier alpha value is -2.11. The number of anilines is 1. The minimum atomic E-state index is -0.302. The monoisotopic (exact) mass is 276 g/mol. The predicted molar refractivity (Wildman–Crippen MR) is 76.9 cm³/mol. The van der Waals surface area contributed by atoms with Crippen molar-refractivity contribution >= 4 is 5.95 Å². The van der Waals surface area contributed by atoms with E-state index in [1.165, 1.54) is 10.9 Å². The molecule has 6 nitrogen and oxygen atoms in total. The van der Waals surface area contributed by atoms with Gasteiger partial charge in [0.15, 0.2) is 0 Å². The average Bonchev–Trinajstić information content (AvgIpc) is 2.94. The first kappa shape index (κ1) is 14.3. The summed E-state index contributed by atoms with van der Waals surface area (Å²) >= 11 is 0. The molecule has 0 radical (unpaired) electrons. The first-order valence-corrected chi connectivity index (χ1v) is 6.95. The Bertz CT molecular complexity index is 571. The number of rotatable bonds is 7. The maximum atomic E-state index is 12.0. The van der Waals surface area contributed by atoms with Crippen LogP contribution in [0.25, 0.3) is 0 Å². The summed E-state index contributed by atoms with van der Waals surface area (Å²) in [5.41, 5.74) is -0.302. The lowest BCUT2D eigenvalue weighted by Crippen LogP contribution is -2.32. The summed E-state index contributed by atoms with van der Waals surface area (Å²) in [7, 11) is 0. The van der Waals surface area contributed by atoms with Crippen LogP contribution in [-0.4, -0.2) is 27.6 Å². The maximum Gasteiger partial charge on any atom is 0.352 e. The Balaban J connectivity index is 2.17. The second-order valence-electron chi connectivity index (χ2n) is 4.63. The van der Waals surface area contributed by atoms with Crippen LogP contribution >= 0.6 is 0 Å². The summed E-state index contributed by atoms with van der Waals surface area (Å²) in [6.45, 7) is 6.26. The van der Waals surface area contributed by atoms with Gasteiger partial charge < -0.3 is 9.32 Å². The number of aromatic nitrogens is 3. The zero-order valence-corrected chi connectivity index (χ0v) is 12.0. The molecule has 2 aromatic heterocycles. The molecule has 0 saturated carbocycles. The molecule has 0 aliphatic rings. The predicted octanol–water partition coefficient (Wildman–Crippen LogP) is 1.91. The van der Waals surface area contributed by atoms with Gasteiger partial charge in [0, 0.05) is 13.1 Å². The molecule has 0 unspecified atom stereocenters. The Morgan fingerprint density at radius 2 is 2.05 bits per heavy atom. The maximum absolute atomic E-state index is 12.0. The molecule has 0 bridgehead atoms. The fourth-order valence-electron chi connectivity index (χ4n) is 2.03. The standard InChI is InChI=1S/C14H20N4O2/c1-3-7-17(8-4-2)13-15-11-18(14(19)16-13)10-12-6-5-9-20-12/h5-6,9,11H,3-4,7-8,10H2,1-2H3. The van der Waals surface area contributed by atoms with Crippen LogP contribution in [0.2, 0.25) is 0 Å². The van der Waals surface area contributed by atoms with Crippen LogP contribution in [0.3, 0.4) is 0 Å². The van der Waals surface area contributed by atoms with Crippen molar-refractivity contribution in [3.8, 4) is 0 Å². The number of hydrogen-bond donors (Lipinski definition) is 0. The minimum Gasteiger partial charge on any atom is -0.467 e. The van der Waals surface area contributed by atoms with Crippen molar-refractivity contribution in [3.63, 3.8) is 0 Å². The van der Waals surface area contributed by atoms with Crippen molar-refractivity contribution in [1.82, 2.24) is 14.5 Å². The van der Waals surface area contributed by atoms with E-state index in [2.05, 4.69) is 23.8 Å². The summed E-state index contributed by atoms with van der Waals surface area (Å²) in [6, 6.07) is 3.61. The highest BCUT2D eigenvalue weighted by Gasteiger charge is 2.10. The van der Waals surface area contributed by atoms with Gasteiger partial charge in [0.25, 0.3) is 0 Å². The lowest BCUT2D eigenvalue weighted by molar-refractivity contribution is 0.484. The highest BCUT2D eigenvalue weighted by atomic mass is 16.3. The van der Waals surface area contributed by atoms with Gasteiger partial charge in [-0.15, -0.1) is 0 Å². The van der Waals surface area contributed by atoms with Crippen LogP contribution < -0.4 is 10.6 Å². The van der Waals surface area contributed by atoms with E-state index in [0.717, 1.165) is 25.9 Å². The van der Waals surface area contributed by atoms with Gasteiger partial charge in [0.2, 0.25) is 5.95 Å². The molecule has 0 fully saturated rings. The highest BCUT2D eigenvalue weighted by molar-refractivity contribution is 5.27. The molecule has 20 heavy (non-hydrogen) atoms. The fraction of sp³-hybridized carbons (Fsp3) is 0.500. The van der Waals surface area contributed by atoms with Gasteiger partial charge in [-0.25, -0.2) is 9.78 Å². The molecule has 0 aliphatic carbocycles. The van der Waals surface area contributed by atoms with Gasteiger partial charge in [0.05, 0.1) is 12.8 Å². The van der Waals surface area contributed by atoms with Crippen molar-refractivity contribution in [1.29, 1.82) is 0 Å². The van der Waals surface area contributed by atoms with Crippen molar-refractivity contribution in [2.45, 2.75) is 33.2 Å². The molecule has 6 heteroatoms. The zero-order chi connectivity index (χ0) is 14.4. The molecule has 0 aromatic carbocycles. The van der Waals surface area contributed by atoms with E-state index in [1.54, 1.807) is 12.3 Å². The summed E-state index contributed by atoms with van der Waals surface area (Å²) in [6.07, 6.45) is 5.11. The molecule has 0 amide bonds. The summed E-state index contributed by atoms with van der Waals surface area (Å²) in [4.78, 5) is 22.4. The Morgan fingerprint density at radius 3 is 2.60 bits per heavy atom. The second kappa shape index (κ2) is 6.88. The molecule has 2 rings (SSSR count). The van der Waals surface area contributed by atoms with Gasteiger partial charge in [-0.2, -0.15) is 4.98 Å². The molecule has 2 aromatic rings. The molecular weight excluding hydrogens is 256 g/mol. The molecular formula is C14H20N4O2. The van der Waals surface area contributed by atoms with E-state index in [9.17, 15) is 4.79 Å². The first-order valence-electron chi connectivity index (χ1n) is 6.95. The van der Waals surface area contributed by atoms with Crippen LogP contribution in [0.5, 0.6) is 0 Å². The van der Waals surface area contributed by atoms with Crippen molar-refractivity contribution in [2.24, 2.45) is 0 Å². The number of nitrogens with zero attached hydrogens (tertiary/aromatic N) is 4. The van der Waals surface area contributed by atoms with Crippen LogP contribution in [0, 0.1) is 0 Å². The van der Waals surface area contributed by atoms with Crippen LogP contribution in [0.15, 0.2) is 33.9 Å². The van der Waals surface area contributed by atoms with E-state index >= 15 is 0 Å². The quantitative estimate of drug-likeness (QED) is 0.773. The summed E-state index contributed by atoms with van der Waals surface area (Å²) in [5.74, 6) is 1.22. The van der Waals surface area contributed by atoms with Crippen molar-refractivity contribution in [2.75, 3.05) is 18.0 Å². The molecule has 0 atom stereocenters. The third-order valence-corrected chi connectivity index (χ3v) is 2.93. The molecule has 0 aliphatic heterocycles. The third-order valence-electron chi connectivity index (χ3n) is 2.93. The van der Waals surface area contributed by atoms with E-state index in [0.29, 0.717) is 18.3 Å². The van der Waals surface area contributed by atoms with Crippen molar-refractivity contribution < 1.29 is 4.42 Å². The van der Waals surface area contributed by atoms with E-state index in [-0.39, 0.29) is 5.69 Å². The van der Waals surface area contributed by atoms with Crippen LogP contribution in [-0.2, 0) is 6.54 Å². The number of furan rings is 1. The molecule has 2 heterocycles. The van der Waals surface area contributed by atoms with Gasteiger partial charge in [-0.3, -0.25) is 4.57 Å². The lowest BCUT2D eigenvalue weighted by atomic mass is 10.4. The highest BCUT2D eigenvalue weighted by Crippen LogP contribution is 2.06. The van der Waals surface area contributed by atoms with Crippen LogP contribution in [0.1, 0.15) is 32.4 Å². The van der Waals surface area contributed by atoms with Gasteiger partial charge >= 0.3 is 5.69 Å². The molecule has 0 saturated heterocycles. The Kier molecular flexibility index (Phi) is 4.92. The van der Waals surface area contributed by atoms with E-state index in [1.807, 2.05) is 11.0 Å². The normalized spacial score (nSPS) is 10.7. The Morgan fingerprint density at radius 1 is 1.30 bits per heavy atom. The van der Waals surface area contributed by atoms with Crippen LogP contribution in [0.4, 0.5) is 5.95 Å². The third kappa shape index (κ3) is 3.46. The van der Waals surface area contributed by atoms with E-state index < -0.39 is 0 Å². The largest absolute Gasteiger partial charge is 0.467 e. The fourth-order valence-corrected chi connectivity index (χ4v) is 2.03. The minimum absolute atomic E-state index is 0.302. The molecule has 0 N–H and O–H groups in total. The average molecular weight is 276 g/mol. The van der Waals surface area contributed by atoms with Gasteiger partial charge in [0.1, 0.15) is 12.1 Å². The molecule has 0 spiro atoms. The second-order valence-corrected chi connectivity index (χ2v) is 4.63. The van der Waals surface area contributed by atoms with E-state index in [4.69, 9.17) is 4.42 Å². The smallest absolute Gasteiger partial charge is 0.352 e. The lowest BCUT2D eigenvalue weighted by Gasteiger charge is -2.20. The first-order chi connectivity index (χ1) is 9.74. The Labute approximate surface area is 118 Å². The van der Waals surface area contributed by atoms with Gasteiger partial charge in [-0.1, -0.05) is 13.8 Å². The topological polar surface area (TPSA) is 64.2 Å². The summed E-state index contributed by atoms with van der Waals surface area (Å²) < 4.78 is 6.66. The van der Waals surface area contributed by atoms with Crippen molar-refractivity contribution in [3.05, 3.63) is 41.0 Å². The number of hydrogen-bond acceptors (Lipinski definition) is 5. The summed E-state index contributed by atoms with van der Waals surface area (Å²) in [5, 5.41) is 0. The molecule has 108 valence electrons. The SMILES string of the molecule is CCCN(CCC)c1ncn(Cc2ccco2)c(=O)n1.